The van der Waals surface area contributed by atoms with Gasteiger partial charge < -0.3 is 10.3 Å². The molecule has 1 aliphatic heterocycles. The predicted molar refractivity (Wildman–Crippen MR) is 121 cm³/mol. The van der Waals surface area contributed by atoms with Gasteiger partial charge in [-0.2, -0.15) is 4.31 Å². The maximum atomic E-state index is 13.1. The van der Waals surface area contributed by atoms with Gasteiger partial charge in [0.1, 0.15) is 0 Å². The molecule has 0 saturated carbocycles. The monoisotopic (exact) mass is 459 g/mol. The van der Waals surface area contributed by atoms with Crippen LogP contribution in [0.3, 0.4) is 0 Å². The van der Waals surface area contributed by atoms with E-state index in [1.54, 1.807) is 30.3 Å². The molecule has 0 aliphatic carbocycles. The molecule has 9 heteroatoms. The summed E-state index contributed by atoms with van der Waals surface area (Å²) in [7, 11) is -3.69. The molecule has 3 aromatic rings. The number of hydrogen-bond acceptors (Lipinski definition) is 4. The number of piperidine rings is 1. The molecule has 2 aromatic carbocycles. The standard InChI is InChI=1S/C22H22ClN3O4S/c1-14-2-4-17(13-19(14)23)24-22(28)15-8-10-26(11-9-15)31(29,30)18-5-6-20-16(12-18)3-7-21(27)25-20/h2-7,12-13,15H,8-11H2,1H3,(H,24,28)(H,25,27). The molecule has 0 radical (unpaired) electrons. The summed E-state index contributed by atoms with van der Waals surface area (Å²) in [5.41, 5.74) is 1.90. The summed E-state index contributed by atoms with van der Waals surface area (Å²) < 4.78 is 27.6. The third-order valence-corrected chi connectivity index (χ3v) is 7.90. The number of anilines is 1. The molecule has 7 nitrogen and oxygen atoms in total. The van der Waals surface area contributed by atoms with Crippen molar-refractivity contribution in [1.82, 2.24) is 9.29 Å². The number of sulfonamides is 1. The number of pyridine rings is 1. The van der Waals surface area contributed by atoms with Crippen molar-refractivity contribution in [3.63, 3.8) is 0 Å². The zero-order valence-electron chi connectivity index (χ0n) is 16.9. The smallest absolute Gasteiger partial charge is 0.248 e. The SMILES string of the molecule is Cc1ccc(NC(=O)C2CCN(S(=O)(=O)c3ccc4[nH]c(=O)ccc4c3)CC2)cc1Cl. The summed E-state index contributed by atoms with van der Waals surface area (Å²) in [5, 5.41) is 4.10. The van der Waals surface area contributed by atoms with Gasteiger partial charge >= 0.3 is 0 Å². The number of nitrogens with one attached hydrogen (secondary N) is 2. The van der Waals surface area contributed by atoms with Crippen LogP contribution in [0.2, 0.25) is 5.02 Å². The predicted octanol–water partition coefficient (Wildman–Crippen LogP) is 3.53. The van der Waals surface area contributed by atoms with E-state index in [0.29, 0.717) is 34.5 Å². The van der Waals surface area contributed by atoms with E-state index in [1.165, 1.54) is 16.4 Å². The third-order valence-electron chi connectivity index (χ3n) is 5.60. The molecule has 0 atom stereocenters. The molecule has 1 fully saturated rings. The van der Waals surface area contributed by atoms with Crippen LogP contribution >= 0.6 is 11.6 Å². The van der Waals surface area contributed by atoms with Crippen molar-refractivity contribution >= 4 is 44.1 Å². The highest BCUT2D eigenvalue weighted by Crippen LogP contribution is 2.27. The fraction of sp³-hybridized carbons (Fsp3) is 0.273. The van der Waals surface area contributed by atoms with Crippen LogP contribution in [0.25, 0.3) is 10.9 Å². The fourth-order valence-electron chi connectivity index (χ4n) is 3.72. The number of fused-ring (bicyclic) bond motifs is 1. The molecule has 0 bridgehead atoms. The average Bonchev–Trinajstić information content (AvgIpc) is 2.76. The Bertz CT molecular complexity index is 1310. The van der Waals surface area contributed by atoms with Crippen LogP contribution in [0, 0.1) is 12.8 Å². The van der Waals surface area contributed by atoms with Gasteiger partial charge in [0.15, 0.2) is 0 Å². The number of amides is 1. The number of benzene rings is 2. The number of aromatic amines is 1. The second-order valence-corrected chi connectivity index (χ2v) is 10.0. The highest BCUT2D eigenvalue weighted by molar-refractivity contribution is 7.89. The summed E-state index contributed by atoms with van der Waals surface area (Å²) in [6, 6.07) is 13.0. The number of carbonyl (C=O) groups is 1. The van der Waals surface area contributed by atoms with Gasteiger partial charge in [-0.1, -0.05) is 17.7 Å². The molecular weight excluding hydrogens is 438 g/mol. The summed E-state index contributed by atoms with van der Waals surface area (Å²) in [6.07, 6.45) is 0.872. The van der Waals surface area contributed by atoms with Crippen molar-refractivity contribution in [2.24, 2.45) is 5.92 Å². The number of halogens is 1. The molecule has 1 saturated heterocycles. The van der Waals surface area contributed by atoms with Gasteiger partial charge in [-0.25, -0.2) is 8.42 Å². The number of hydrogen-bond donors (Lipinski definition) is 2. The topological polar surface area (TPSA) is 99.3 Å². The maximum absolute atomic E-state index is 13.1. The summed E-state index contributed by atoms with van der Waals surface area (Å²) in [5.74, 6) is -0.403. The van der Waals surface area contributed by atoms with Crippen LogP contribution in [0.4, 0.5) is 5.69 Å². The van der Waals surface area contributed by atoms with Gasteiger partial charge in [-0.15, -0.1) is 0 Å². The fourth-order valence-corrected chi connectivity index (χ4v) is 5.40. The summed E-state index contributed by atoms with van der Waals surface area (Å²) >= 11 is 6.11. The van der Waals surface area contributed by atoms with Crippen molar-refractivity contribution in [1.29, 1.82) is 0 Å². The average molecular weight is 460 g/mol. The van der Waals surface area contributed by atoms with E-state index in [4.69, 9.17) is 11.6 Å². The van der Waals surface area contributed by atoms with Gasteiger partial charge in [-0.3, -0.25) is 9.59 Å². The number of carbonyl (C=O) groups excluding carboxylic acids is 1. The molecule has 1 aromatic heterocycles. The molecule has 162 valence electrons. The highest BCUT2D eigenvalue weighted by atomic mass is 35.5. The Hall–Kier alpha value is -2.68. The van der Waals surface area contributed by atoms with Gasteiger partial charge in [0, 0.05) is 41.3 Å². The van der Waals surface area contributed by atoms with Crippen LogP contribution in [0.1, 0.15) is 18.4 Å². The van der Waals surface area contributed by atoms with E-state index in [2.05, 4.69) is 10.3 Å². The number of nitrogens with zero attached hydrogens (tertiary/aromatic N) is 1. The lowest BCUT2D eigenvalue weighted by atomic mass is 9.97. The van der Waals surface area contributed by atoms with Crippen molar-refractivity contribution in [3.8, 4) is 0 Å². The third kappa shape index (κ3) is 4.51. The van der Waals surface area contributed by atoms with Gasteiger partial charge in [-0.05, 0) is 67.1 Å². The largest absolute Gasteiger partial charge is 0.326 e. The Morgan fingerprint density at radius 2 is 1.84 bits per heavy atom. The first-order chi connectivity index (χ1) is 14.7. The Kier molecular flexibility index (Phi) is 5.88. The van der Waals surface area contributed by atoms with Crippen LogP contribution in [0.15, 0.2) is 58.2 Å². The molecule has 0 spiro atoms. The number of aromatic nitrogens is 1. The van der Waals surface area contributed by atoms with Gasteiger partial charge in [0.05, 0.1) is 4.90 Å². The number of H-pyrrole nitrogens is 1. The lowest BCUT2D eigenvalue weighted by Crippen LogP contribution is -2.41. The second-order valence-electron chi connectivity index (χ2n) is 7.70. The molecule has 2 N–H and O–H groups in total. The van der Waals surface area contributed by atoms with Crippen molar-refractivity contribution in [2.45, 2.75) is 24.7 Å². The van der Waals surface area contributed by atoms with E-state index < -0.39 is 10.0 Å². The molecule has 31 heavy (non-hydrogen) atoms. The first-order valence-corrected chi connectivity index (χ1v) is 11.8. The second kappa shape index (κ2) is 8.45. The zero-order chi connectivity index (χ0) is 22.2. The summed E-state index contributed by atoms with van der Waals surface area (Å²) in [6.45, 7) is 2.41. The minimum atomic E-state index is -3.69. The molecule has 0 unspecified atom stereocenters. The first kappa shape index (κ1) is 21.5. The van der Waals surface area contributed by atoms with Crippen LogP contribution in [-0.2, 0) is 14.8 Å². The molecular formula is C22H22ClN3O4S. The lowest BCUT2D eigenvalue weighted by Gasteiger charge is -2.30. The molecule has 1 amide bonds. The van der Waals surface area contributed by atoms with Crippen molar-refractivity contribution in [2.75, 3.05) is 18.4 Å². The van der Waals surface area contributed by atoms with Crippen LogP contribution in [-0.4, -0.2) is 36.7 Å². The zero-order valence-corrected chi connectivity index (χ0v) is 18.5. The molecule has 2 heterocycles. The normalized spacial score (nSPS) is 15.8. The van der Waals surface area contributed by atoms with Crippen LogP contribution in [0.5, 0.6) is 0 Å². The van der Waals surface area contributed by atoms with E-state index >= 15 is 0 Å². The number of rotatable bonds is 4. The maximum Gasteiger partial charge on any atom is 0.248 e. The highest BCUT2D eigenvalue weighted by Gasteiger charge is 2.32. The Labute approximate surface area is 185 Å². The first-order valence-electron chi connectivity index (χ1n) is 9.94. The minimum Gasteiger partial charge on any atom is -0.326 e. The molecule has 1 aliphatic rings. The Morgan fingerprint density at radius 3 is 2.55 bits per heavy atom. The van der Waals surface area contributed by atoms with E-state index in [-0.39, 0.29) is 35.4 Å². The van der Waals surface area contributed by atoms with Crippen molar-refractivity contribution in [3.05, 3.63) is 69.5 Å². The van der Waals surface area contributed by atoms with Gasteiger partial charge in [0.25, 0.3) is 0 Å². The van der Waals surface area contributed by atoms with E-state index in [1.807, 2.05) is 13.0 Å². The Morgan fingerprint density at radius 1 is 1.10 bits per heavy atom. The van der Waals surface area contributed by atoms with Crippen molar-refractivity contribution < 1.29 is 13.2 Å². The van der Waals surface area contributed by atoms with Gasteiger partial charge in [0.2, 0.25) is 21.5 Å². The summed E-state index contributed by atoms with van der Waals surface area (Å²) in [4.78, 5) is 26.9. The lowest BCUT2D eigenvalue weighted by molar-refractivity contribution is -0.120. The Balaban J connectivity index is 1.43. The van der Waals surface area contributed by atoms with E-state index in [0.717, 1.165) is 5.56 Å². The number of aryl methyl sites for hydroxylation is 1. The quantitative estimate of drug-likeness (QED) is 0.623. The minimum absolute atomic E-state index is 0.133. The van der Waals surface area contributed by atoms with E-state index in [9.17, 15) is 18.0 Å². The van der Waals surface area contributed by atoms with Crippen LogP contribution < -0.4 is 10.9 Å². The molecule has 4 rings (SSSR count).